The van der Waals surface area contributed by atoms with Crippen LogP contribution in [0.2, 0.25) is 0 Å². The third-order valence-electron chi connectivity index (χ3n) is 5.65. The number of carbonyl (C=O) groups is 2. The van der Waals surface area contributed by atoms with Gasteiger partial charge in [0, 0.05) is 28.5 Å². The number of benzene rings is 2. The predicted molar refractivity (Wildman–Crippen MR) is 108 cm³/mol. The van der Waals surface area contributed by atoms with E-state index in [-0.39, 0.29) is 27.7 Å². The number of aromatic nitrogens is 1. The Bertz CT molecular complexity index is 1210. The number of rotatable bonds is 6. The van der Waals surface area contributed by atoms with E-state index in [9.17, 15) is 33.0 Å². The number of carbonyl (C=O) groups excluding carboxylic acids is 2. The Labute approximate surface area is 186 Å². The Kier molecular flexibility index (Phi) is 6.40. The minimum atomic E-state index is -4.90. The minimum Gasteiger partial charge on any atom is -0.549 e. The third kappa shape index (κ3) is 4.50. The molecule has 176 valence electrons. The number of fused-ring (bicyclic) bond motifs is 1. The molecule has 0 aliphatic carbocycles. The topological polar surface area (TPSA) is 91.6 Å². The fraction of sp³-hybridized carbons (Fsp3) is 0.304. The number of phenols is 1. The van der Waals surface area contributed by atoms with Gasteiger partial charge in [0.15, 0.2) is 11.6 Å². The molecule has 6 nitrogen and oxygen atoms in total. The maximum absolute atomic E-state index is 15.0. The SMILES string of the molecule is CCC(C)[C@@H](C(=O)[O-])c1c(C)n(C(=O)c2ccc(OC(F)(F)F)cc2)c2ccc(O)c(F)c12. The van der Waals surface area contributed by atoms with Crippen LogP contribution in [0.3, 0.4) is 0 Å². The number of nitrogens with zero attached hydrogens (tertiary/aromatic N) is 1. The van der Waals surface area contributed by atoms with Crippen LogP contribution in [0.15, 0.2) is 36.4 Å². The van der Waals surface area contributed by atoms with Crippen LogP contribution in [0.25, 0.3) is 10.9 Å². The van der Waals surface area contributed by atoms with Gasteiger partial charge < -0.3 is 19.7 Å². The molecule has 0 saturated carbocycles. The van der Waals surface area contributed by atoms with Crippen molar-refractivity contribution in [1.82, 2.24) is 4.57 Å². The van der Waals surface area contributed by atoms with E-state index in [2.05, 4.69) is 4.74 Å². The number of aromatic hydroxyl groups is 1. The Morgan fingerprint density at radius 2 is 1.76 bits per heavy atom. The van der Waals surface area contributed by atoms with Gasteiger partial charge in [-0.15, -0.1) is 13.2 Å². The van der Waals surface area contributed by atoms with Crippen LogP contribution in [0.5, 0.6) is 11.5 Å². The van der Waals surface area contributed by atoms with E-state index in [1.54, 1.807) is 13.8 Å². The van der Waals surface area contributed by atoms with Gasteiger partial charge in [0.25, 0.3) is 5.91 Å². The maximum Gasteiger partial charge on any atom is 0.573 e. The molecule has 1 aromatic heterocycles. The van der Waals surface area contributed by atoms with Gasteiger partial charge in [-0.3, -0.25) is 9.36 Å². The van der Waals surface area contributed by atoms with Crippen molar-refractivity contribution in [3.8, 4) is 11.5 Å². The molecule has 0 aliphatic heterocycles. The van der Waals surface area contributed by atoms with Gasteiger partial charge in [-0.05, 0) is 54.8 Å². The van der Waals surface area contributed by atoms with Crippen molar-refractivity contribution in [1.29, 1.82) is 0 Å². The number of carboxylic acid groups (broad SMARTS) is 1. The summed E-state index contributed by atoms with van der Waals surface area (Å²) in [7, 11) is 0. The van der Waals surface area contributed by atoms with Crippen molar-refractivity contribution >= 4 is 22.8 Å². The van der Waals surface area contributed by atoms with Crippen molar-refractivity contribution in [2.75, 3.05) is 0 Å². The van der Waals surface area contributed by atoms with E-state index in [1.165, 1.54) is 13.0 Å². The Morgan fingerprint density at radius 1 is 1.15 bits per heavy atom. The molecule has 2 aromatic carbocycles. The molecule has 0 spiro atoms. The number of alkyl halides is 3. The van der Waals surface area contributed by atoms with Crippen LogP contribution in [-0.2, 0) is 4.79 Å². The van der Waals surface area contributed by atoms with Gasteiger partial charge in [-0.2, -0.15) is 0 Å². The first kappa shape index (κ1) is 24.1. The summed E-state index contributed by atoms with van der Waals surface area (Å²) in [5.74, 6) is -6.28. The number of hydrogen-bond donors (Lipinski definition) is 1. The highest BCUT2D eigenvalue weighted by Gasteiger charge is 2.32. The molecule has 1 N–H and O–H groups in total. The molecule has 1 unspecified atom stereocenters. The van der Waals surface area contributed by atoms with Crippen LogP contribution in [0.1, 0.15) is 47.8 Å². The van der Waals surface area contributed by atoms with Gasteiger partial charge in [0.1, 0.15) is 5.75 Å². The van der Waals surface area contributed by atoms with Gasteiger partial charge in [-0.25, -0.2) is 4.39 Å². The van der Waals surface area contributed by atoms with Crippen LogP contribution >= 0.6 is 0 Å². The minimum absolute atomic E-state index is 0.00174. The second-order valence-corrected chi connectivity index (χ2v) is 7.69. The lowest BCUT2D eigenvalue weighted by atomic mass is 9.84. The second kappa shape index (κ2) is 8.76. The predicted octanol–water partition coefficient (Wildman–Crippen LogP) is 4.26. The lowest BCUT2D eigenvalue weighted by molar-refractivity contribution is -0.309. The Hall–Kier alpha value is -3.56. The summed E-state index contributed by atoms with van der Waals surface area (Å²) in [6.07, 6.45) is -4.48. The van der Waals surface area contributed by atoms with E-state index in [0.717, 1.165) is 34.9 Å². The molecule has 0 bridgehead atoms. The summed E-state index contributed by atoms with van der Waals surface area (Å²) in [5.41, 5.74) is 0.0776. The van der Waals surface area contributed by atoms with E-state index in [0.29, 0.717) is 6.42 Å². The molecular weight excluding hydrogens is 446 g/mol. The second-order valence-electron chi connectivity index (χ2n) is 7.69. The van der Waals surface area contributed by atoms with Gasteiger partial charge >= 0.3 is 6.36 Å². The monoisotopic (exact) mass is 466 g/mol. The zero-order valence-electron chi connectivity index (χ0n) is 17.9. The smallest absolute Gasteiger partial charge is 0.549 e. The first-order valence-corrected chi connectivity index (χ1v) is 10.0. The molecule has 0 radical (unpaired) electrons. The quantitative estimate of drug-likeness (QED) is 0.548. The van der Waals surface area contributed by atoms with E-state index < -0.39 is 47.4 Å². The van der Waals surface area contributed by atoms with E-state index >= 15 is 4.39 Å². The molecule has 3 rings (SSSR count). The highest BCUT2D eigenvalue weighted by Crippen LogP contribution is 2.40. The molecule has 0 amide bonds. The average Bonchev–Trinajstić information content (AvgIpc) is 3.02. The average molecular weight is 466 g/mol. The first-order valence-electron chi connectivity index (χ1n) is 10.0. The fourth-order valence-electron chi connectivity index (χ4n) is 3.92. The van der Waals surface area contributed by atoms with Crippen LogP contribution in [0.4, 0.5) is 17.6 Å². The van der Waals surface area contributed by atoms with Crippen LogP contribution in [-0.4, -0.2) is 27.9 Å². The Morgan fingerprint density at radius 3 is 2.27 bits per heavy atom. The summed E-state index contributed by atoms with van der Waals surface area (Å²) in [6.45, 7) is 4.83. The van der Waals surface area contributed by atoms with Crippen molar-refractivity contribution in [3.05, 3.63) is 59.0 Å². The summed E-state index contributed by atoms with van der Waals surface area (Å²) in [5, 5.41) is 21.7. The molecular formula is C23H20F4NO5-. The van der Waals surface area contributed by atoms with Crippen molar-refractivity contribution in [2.24, 2.45) is 5.92 Å². The lowest BCUT2D eigenvalue weighted by Gasteiger charge is -2.25. The van der Waals surface area contributed by atoms with E-state index in [4.69, 9.17) is 0 Å². The number of halogens is 4. The highest BCUT2D eigenvalue weighted by molar-refractivity contribution is 6.05. The zero-order chi connectivity index (χ0) is 24.7. The molecule has 1 heterocycles. The van der Waals surface area contributed by atoms with Crippen molar-refractivity contribution < 1.29 is 42.1 Å². The maximum atomic E-state index is 15.0. The molecule has 3 aromatic rings. The summed E-state index contributed by atoms with van der Waals surface area (Å²) < 4.78 is 57.1. The van der Waals surface area contributed by atoms with Gasteiger partial charge in [-0.1, -0.05) is 20.3 Å². The number of phenolic OH excluding ortho intramolecular Hbond substituents is 1. The molecule has 10 heteroatoms. The zero-order valence-corrected chi connectivity index (χ0v) is 17.9. The van der Waals surface area contributed by atoms with Crippen LogP contribution in [0, 0.1) is 18.7 Å². The summed E-state index contributed by atoms with van der Waals surface area (Å²) in [4.78, 5) is 25.3. The van der Waals surface area contributed by atoms with Crippen LogP contribution < -0.4 is 9.84 Å². The molecule has 2 atom stereocenters. The van der Waals surface area contributed by atoms with E-state index in [1.807, 2.05) is 0 Å². The lowest BCUT2D eigenvalue weighted by Crippen LogP contribution is -2.34. The molecule has 0 fully saturated rings. The van der Waals surface area contributed by atoms with Crippen molar-refractivity contribution in [3.63, 3.8) is 0 Å². The van der Waals surface area contributed by atoms with Gasteiger partial charge in [0.05, 0.1) is 5.52 Å². The number of hydrogen-bond acceptors (Lipinski definition) is 5. The first-order chi connectivity index (χ1) is 15.4. The fourth-order valence-corrected chi connectivity index (χ4v) is 3.92. The summed E-state index contributed by atoms with van der Waals surface area (Å²) >= 11 is 0. The van der Waals surface area contributed by atoms with Gasteiger partial charge in [0.2, 0.25) is 0 Å². The van der Waals surface area contributed by atoms with Crippen molar-refractivity contribution in [2.45, 2.75) is 39.5 Å². The molecule has 0 aliphatic rings. The molecule has 33 heavy (non-hydrogen) atoms. The third-order valence-corrected chi connectivity index (χ3v) is 5.65. The normalized spacial score (nSPS) is 13.7. The number of ether oxygens (including phenoxy) is 1. The largest absolute Gasteiger partial charge is 0.573 e. The summed E-state index contributed by atoms with van der Waals surface area (Å²) in [6, 6.07) is 6.43. The number of aliphatic carboxylic acids is 1. The molecule has 0 saturated heterocycles. The number of carboxylic acids is 1. The standard InChI is InChI=1S/C23H21F4NO5/c1-4-11(2)17(22(31)32)18-12(3)28(15-9-10-16(29)20(24)19(15)18)21(30)13-5-7-14(8-6-13)33-23(25,26)27/h5-11,17,29H,4H2,1-3H3,(H,31,32)/p-1/t11?,17-/m1/s1. The Balaban J connectivity index is 2.22. The highest BCUT2D eigenvalue weighted by atomic mass is 19.4.